The second-order valence-electron chi connectivity index (χ2n) is 6.47. The molecule has 2 heterocycles. The summed E-state index contributed by atoms with van der Waals surface area (Å²) in [6.45, 7) is 3.63. The molecular formula is C20H22N4O3S2. The number of anilines is 1. The van der Waals surface area contributed by atoms with E-state index in [1.165, 1.54) is 11.3 Å². The lowest BCUT2D eigenvalue weighted by Crippen LogP contribution is -2.28. The molecule has 0 bridgehead atoms. The van der Waals surface area contributed by atoms with Crippen molar-refractivity contribution in [3.05, 3.63) is 64.7 Å². The van der Waals surface area contributed by atoms with Crippen molar-refractivity contribution in [2.24, 2.45) is 0 Å². The quantitative estimate of drug-likeness (QED) is 0.565. The largest absolute Gasteiger partial charge is 0.343 e. The Hall–Kier alpha value is -2.78. The molecule has 3 rings (SSSR count). The first-order valence-corrected chi connectivity index (χ1v) is 11.7. The van der Waals surface area contributed by atoms with Crippen LogP contribution >= 0.6 is 11.3 Å². The number of rotatable bonds is 8. The molecule has 0 saturated carbocycles. The summed E-state index contributed by atoms with van der Waals surface area (Å²) in [4.78, 5) is 21.4. The van der Waals surface area contributed by atoms with Gasteiger partial charge in [-0.3, -0.25) is 14.5 Å². The van der Waals surface area contributed by atoms with Crippen LogP contribution in [0, 0.1) is 0 Å². The first-order chi connectivity index (χ1) is 13.9. The van der Waals surface area contributed by atoms with E-state index >= 15 is 0 Å². The molecule has 1 aromatic carbocycles. The number of thiazole rings is 1. The maximum absolute atomic E-state index is 12.8. The maximum atomic E-state index is 12.8. The van der Waals surface area contributed by atoms with E-state index in [2.05, 4.69) is 20.0 Å². The summed E-state index contributed by atoms with van der Waals surface area (Å²) < 4.78 is 26.7. The number of hydrogen-bond donors (Lipinski definition) is 2. The zero-order chi connectivity index (χ0) is 20.9. The van der Waals surface area contributed by atoms with Crippen LogP contribution in [0.5, 0.6) is 0 Å². The molecule has 0 fully saturated rings. The molecule has 152 valence electrons. The highest BCUT2D eigenvalue weighted by Gasteiger charge is 2.19. The smallest absolute Gasteiger partial charge is 0.253 e. The Morgan fingerprint density at radius 1 is 1.17 bits per heavy atom. The summed E-state index contributed by atoms with van der Waals surface area (Å²) in [5.41, 5.74) is 2.31. The number of carbonyl (C=O) groups excluding carboxylic acids is 1. The van der Waals surface area contributed by atoms with Gasteiger partial charge in [-0.05, 0) is 37.6 Å². The first-order valence-electron chi connectivity index (χ1n) is 9.16. The summed E-state index contributed by atoms with van der Waals surface area (Å²) in [7, 11) is -3.49. The van der Waals surface area contributed by atoms with Gasteiger partial charge >= 0.3 is 0 Å². The summed E-state index contributed by atoms with van der Waals surface area (Å²) in [6.07, 6.45) is 3.90. The van der Waals surface area contributed by atoms with E-state index in [-0.39, 0.29) is 29.0 Å². The lowest BCUT2D eigenvalue weighted by atomic mass is 10.1. The van der Waals surface area contributed by atoms with Crippen LogP contribution in [0.2, 0.25) is 0 Å². The minimum absolute atomic E-state index is 0.00372. The van der Waals surface area contributed by atoms with Gasteiger partial charge in [0.05, 0.1) is 28.7 Å². The number of benzene rings is 1. The fourth-order valence-electron chi connectivity index (χ4n) is 2.74. The zero-order valence-electron chi connectivity index (χ0n) is 16.1. The van der Waals surface area contributed by atoms with E-state index in [1.54, 1.807) is 43.6 Å². The monoisotopic (exact) mass is 430 g/mol. The van der Waals surface area contributed by atoms with E-state index in [0.29, 0.717) is 6.42 Å². The topological polar surface area (TPSA) is 101 Å². The minimum atomic E-state index is -3.49. The fourth-order valence-corrected chi connectivity index (χ4v) is 4.72. The molecule has 3 aromatic rings. The molecule has 0 aliphatic rings. The Morgan fingerprint density at radius 2 is 1.90 bits per heavy atom. The van der Waals surface area contributed by atoms with Gasteiger partial charge in [0.1, 0.15) is 5.01 Å². The second-order valence-corrected chi connectivity index (χ2v) is 9.20. The number of para-hydroxylation sites is 1. The molecule has 1 amide bonds. The average Bonchev–Trinajstić information content (AvgIpc) is 3.19. The number of pyridine rings is 1. The molecule has 9 heteroatoms. The summed E-state index contributed by atoms with van der Waals surface area (Å²) in [5.74, 6) is -0.371. The van der Waals surface area contributed by atoms with Crippen LogP contribution in [-0.2, 0) is 10.0 Å². The lowest BCUT2D eigenvalue weighted by molar-refractivity contribution is 0.0940. The molecule has 7 nitrogen and oxygen atoms in total. The third kappa shape index (κ3) is 5.39. The van der Waals surface area contributed by atoms with E-state index < -0.39 is 10.0 Å². The van der Waals surface area contributed by atoms with Crippen molar-refractivity contribution in [2.75, 3.05) is 10.5 Å². The predicted octanol–water partition coefficient (Wildman–Crippen LogP) is 3.85. The first kappa shape index (κ1) is 20.9. The number of aromatic nitrogens is 2. The number of nitrogens with zero attached hydrogens (tertiary/aromatic N) is 2. The Balaban J connectivity index is 1.75. The van der Waals surface area contributed by atoms with Crippen molar-refractivity contribution in [3.8, 4) is 11.3 Å². The maximum Gasteiger partial charge on any atom is 0.253 e. The Bertz CT molecular complexity index is 1080. The molecular weight excluding hydrogens is 408 g/mol. The van der Waals surface area contributed by atoms with Crippen LogP contribution in [0.1, 0.15) is 41.7 Å². The third-order valence-electron chi connectivity index (χ3n) is 4.13. The van der Waals surface area contributed by atoms with Crippen LogP contribution < -0.4 is 10.0 Å². The minimum Gasteiger partial charge on any atom is -0.343 e. The number of hydrogen-bond acceptors (Lipinski definition) is 6. The molecule has 0 radical (unpaired) electrons. The van der Waals surface area contributed by atoms with Crippen LogP contribution in [0.15, 0.2) is 54.2 Å². The Labute approximate surface area is 174 Å². The van der Waals surface area contributed by atoms with Gasteiger partial charge in [0, 0.05) is 23.3 Å². The molecule has 1 unspecified atom stereocenters. The number of amides is 1. The van der Waals surface area contributed by atoms with Gasteiger partial charge in [0.2, 0.25) is 10.0 Å². The van der Waals surface area contributed by atoms with Crippen LogP contribution in [-0.4, -0.2) is 30.0 Å². The Kier molecular flexibility index (Phi) is 6.60. The van der Waals surface area contributed by atoms with Crippen LogP contribution in [0.25, 0.3) is 11.3 Å². The molecule has 2 N–H and O–H groups in total. The molecule has 1 atom stereocenters. The zero-order valence-corrected chi connectivity index (χ0v) is 17.8. The summed E-state index contributed by atoms with van der Waals surface area (Å²) in [5, 5.41) is 5.59. The molecule has 29 heavy (non-hydrogen) atoms. The third-order valence-corrected chi connectivity index (χ3v) is 6.63. The van der Waals surface area contributed by atoms with Crippen molar-refractivity contribution in [1.82, 2.24) is 15.3 Å². The van der Waals surface area contributed by atoms with Gasteiger partial charge in [-0.25, -0.2) is 13.4 Å². The van der Waals surface area contributed by atoms with Gasteiger partial charge in [0.25, 0.3) is 5.91 Å². The SMILES string of the molecule is CCCS(=O)(=O)Nc1ccccc1C(=O)NC(C)c1nc(-c2ccncc2)cs1. The standard InChI is InChI=1S/C20H22N4O3S2/c1-3-12-29(26,27)24-17-7-5-4-6-16(17)19(25)22-14(2)20-23-18(13-28-20)15-8-10-21-11-9-15/h4-11,13-14,24H,3,12H2,1-2H3,(H,22,25). The molecule has 0 aliphatic carbocycles. The van der Waals surface area contributed by atoms with Gasteiger partial charge in [0.15, 0.2) is 0 Å². The van der Waals surface area contributed by atoms with Crippen molar-refractivity contribution in [2.45, 2.75) is 26.3 Å². The normalized spacial score (nSPS) is 12.3. The van der Waals surface area contributed by atoms with Crippen LogP contribution in [0.3, 0.4) is 0 Å². The van der Waals surface area contributed by atoms with Crippen molar-refractivity contribution in [3.63, 3.8) is 0 Å². The van der Waals surface area contributed by atoms with E-state index in [4.69, 9.17) is 0 Å². The van der Waals surface area contributed by atoms with E-state index in [1.807, 2.05) is 24.4 Å². The summed E-state index contributed by atoms with van der Waals surface area (Å²) >= 11 is 1.45. The fraction of sp³-hybridized carbons (Fsp3) is 0.250. The predicted molar refractivity (Wildman–Crippen MR) is 115 cm³/mol. The van der Waals surface area contributed by atoms with Gasteiger partial charge < -0.3 is 5.32 Å². The highest BCUT2D eigenvalue weighted by atomic mass is 32.2. The highest BCUT2D eigenvalue weighted by Crippen LogP contribution is 2.26. The summed E-state index contributed by atoms with van der Waals surface area (Å²) in [6, 6.07) is 9.98. The van der Waals surface area contributed by atoms with E-state index in [0.717, 1.165) is 16.3 Å². The van der Waals surface area contributed by atoms with Crippen molar-refractivity contribution < 1.29 is 13.2 Å². The molecule has 0 spiro atoms. The number of nitrogens with one attached hydrogen (secondary N) is 2. The number of carbonyl (C=O) groups is 1. The van der Waals surface area contributed by atoms with Gasteiger partial charge in [-0.2, -0.15) is 0 Å². The second kappa shape index (κ2) is 9.15. The van der Waals surface area contributed by atoms with Crippen molar-refractivity contribution in [1.29, 1.82) is 0 Å². The molecule has 0 aliphatic heterocycles. The van der Waals surface area contributed by atoms with Gasteiger partial charge in [-0.15, -0.1) is 11.3 Å². The number of sulfonamides is 1. The molecule has 0 saturated heterocycles. The molecule has 2 aromatic heterocycles. The van der Waals surface area contributed by atoms with E-state index in [9.17, 15) is 13.2 Å². The average molecular weight is 431 g/mol. The van der Waals surface area contributed by atoms with Crippen LogP contribution in [0.4, 0.5) is 5.69 Å². The van der Waals surface area contributed by atoms with Gasteiger partial charge in [-0.1, -0.05) is 19.1 Å². The van der Waals surface area contributed by atoms with Crippen molar-refractivity contribution >= 4 is 33.0 Å². The Morgan fingerprint density at radius 3 is 2.62 bits per heavy atom. The highest BCUT2D eigenvalue weighted by molar-refractivity contribution is 7.92. The lowest BCUT2D eigenvalue weighted by Gasteiger charge is -2.15.